The van der Waals surface area contributed by atoms with Crippen molar-refractivity contribution in [3.63, 3.8) is 0 Å². The number of piperidine rings is 1. The Bertz CT molecular complexity index is 763. The molecule has 1 aliphatic rings. The van der Waals surface area contributed by atoms with Crippen molar-refractivity contribution >= 4 is 29.1 Å². The Morgan fingerprint density at radius 3 is 2.81 bits per heavy atom. The van der Waals surface area contributed by atoms with Crippen molar-refractivity contribution in [1.29, 1.82) is 0 Å². The van der Waals surface area contributed by atoms with Gasteiger partial charge in [0.15, 0.2) is 0 Å². The van der Waals surface area contributed by atoms with Crippen molar-refractivity contribution in [1.82, 2.24) is 10.3 Å². The third kappa shape index (κ3) is 4.58. The second kappa shape index (κ2) is 8.76. The van der Waals surface area contributed by atoms with Crippen LogP contribution in [0.5, 0.6) is 5.75 Å². The molecule has 0 saturated carbocycles. The van der Waals surface area contributed by atoms with Crippen molar-refractivity contribution in [2.45, 2.75) is 25.8 Å². The number of benzene rings is 1. The number of rotatable bonds is 5. The van der Waals surface area contributed by atoms with Crippen molar-refractivity contribution in [3.8, 4) is 5.75 Å². The van der Waals surface area contributed by atoms with Crippen LogP contribution in [0.1, 0.15) is 24.8 Å². The molecule has 1 aliphatic heterocycles. The van der Waals surface area contributed by atoms with Crippen LogP contribution in [0, 0.1) is 0 Å². The number of hydrogen-bond acceptors (Lipinski definition) is 4. The number of aromatic nitrogens is 1. The third-order valence-electron chi connectivity index (χ3n) is 4.37. The van der Waals surface area contributed by atoms with Crippen LogP contribution < -0.4 is 20.3 Å². The molecule has 0 unspecified atom stereocenters. The maximum Gasteiger partial charge on any atom is 0.319 e. The molecule has 6 nitrogen and oxygen atoms in total. The van der Waals surface area contributed by atoms with E-state index in [1.807, 2.05) is 12.1 Å². The molecule has 0 bridgehead atoms. The molecule has 7 heteroatoms. The minimum absolute atomic E-state index is 0.292. The van der Waals surface area contributed by atoms with Crippen molar-refractivity contribution in [2.75, 3.05) is 30.4 Å². The van der Waals surface area contributed by atoms with E-state index in [0.29, 0.717) is 23.0 Å². The van der Waals surface area contributed by atoms with Crippen LogP contribution in [0.2, 0.25) is 5.02 Å². The second-order valence-electron chi connectivity index (χ2n) is 6.19. The summed E-state index contributed by atoms with van der Waals surface area (Å²) in [5.41, 5.74) is 1.62. The highest BCUT2D eigenvalue weighted by atomic mass is 35.5. The van der Waals surface area contributed by atoms with Gasteiger partial charge >= 0.3 is 6.03 Å². The summed E-state index contributed by atoms with van der Waals surface area (Å²) in [7, 11) is 1.55. The Balaban J connectivity index is 1.60. The van der Waals surface area contributed by atoms with Gasteiger partial charge in [-0.2, -0.15) is 0 Å². The minimum atomic E-state index is -0.292. The highest BCUT2D eigenvalue weighted by Gasteiger charge is 2.16. The highest BCUT2D eigenvalue weighted by Crippen LogP contribution is 2.27. The third-order valence-corrected chi connectivity index (χ3v) is 4.67. The van der Waals surface area contributed by atoms with E-state index in [9.17, 15) is 4.79 Å². The Hall–Kier alpha value is -2.47. The van der Waals surface area contributed by atoms with Crippen molar-refractivity contribution < 1.29 is 9.53 Å². The second-order valence-corrected chi connectivity index (χ2v) is 6.60. The summed E-state index contributed by atoms with van der Waals surface area (Å²) < 4.78 is 5.11. The molecule has 2 aromatic rings. The first kappa shape index (κ1) is 18.3. The molecule has 0 aliphatic carbocycles. The van der Waals surface area contributed by atoms with Gasteiger partial charge in [-0.1, -0.05) is 17.7 Å². The van der Waals surface area contributed by atoms with Crippen molar-refractivity contribution in [3.05, 3.63) is 47.1 Å². The van der Waals surface area contributed by atoms with Gasteiger partial charge in [0, 0.05) is 37.1 Å². The molecule has 2 heterocycles. The van der Waals surface area contributed by atoms with Crippen LogP contribution in [0.25, 0.3) is 0 Å². The van der Waals surface area contributed by atoms with E-state index in [4.69, 9.17) is 16.3 Å². The normalized spacial score (nSPS) is 14.0. The fraction of sp³-hybridized carbons (Fsp3) is 0.368. The summed E-state index contributed by atoms with van der Waals surface area (Å²) in [6, 6.07) is 8.72. The SMILES string of the molecule is COc1ccc(NC(=O)NCc2cccnc2N2CCCCC2)cc1Cl. The smallest absolute Gasteiger partial charge is 0.319 e. The van der Waals surface area contributed by atoms with Gasteiger partial charge in [0.05, 0.1) is 12.1 Å². The van der Waals surface area contributed by atoms with Gasteiger partial charge in [0.25, 0.3) is 0 Å². The summed E-state index contributed by atoms with van der Waals surface area (Å²) >= 11 is 6.08. The van der Waals surface area contributed by atoms with Crippen LogP contribution in [-0.2, 0) is 6.54 Å². The average Bonchev–Trinajstić information content (AvgIpc) is 2.67. The predicted octanol–water partition coefficient (Wildman–Crippen LogP) is 4.06. The number of halogens is 1. The van der Waals surface area contributed by atoms with E-state index < -0.39 is 0 Å². The number of anilines is 2. The van der Waals surface area contributed by atoms with Gasteiger partial charge < -0.3 is 20.3 Å². The number of urea groups is 1. The van der Waals surface area contributed by atoms with Gasteiger partial charge in [-0.25, -0.2) is 9.78 Å². The molecular formula is C19H23ClN4O2. The predicted molar refractivity (Wildman–Crippen MR) is 104 cm³/mol. The number of methoxy groups -OCH3 is 1. The first-order valence-corrected chi connectivity index (χ1v) is 9.12. The van der Waals surface area contributed by atoms with Crippen molar-refractivity contribution in [2.24, 2.45) is 0 Å². The van der Waals surface area contributed by atoms with E-state index in [-0.39, 0.29) is 6.03 Å². The molecule has 1 aromatic heterocycles. The van der Waals surface area contributed by atoms with E-state index in [0.717, 1.165) is 24.5 Å². The maximum absolute atomic E-state index is 12.2. The standard InChI is InChI=1S/C19H23ClN4O2/c1-26-17-8-7-15(12-16(17)20)23-19(25)22-13-14-6-5-9-21-18(14)24-10-3-2-4-11-24/h5-9,12H,2-4,10-11,13H2,1H3,(H2,22,23,25). The van der Waals surface area contributed by atoms with Gasteiger partial charge in [-0.3, -0.25) is 0 Å². The summed E-state index contributed by atoms with van der Waals surface area (Å²) in [6.45, 7) is 2.44. The molecule has 1 saturated heterocycles. The number of pyridine rings is 1. The zero-order chi connectivity index (χ0) is 18.4. The molecule has 0 spiro atoms. The molecule has 1 aromatic carbocycles. The number of ether oxygens (including phenoxy) is 1. The van der Waals surface area contributed by atoms with Gasteiger partial charge in [0.2, 0.25) is 0 Å². The van der Waals surface area contributed by atoms with Gasteiger partial charge in [-0.15, -0.1) is 0 Å². The summed E-state index contributed by atoms with van der Waals surface area (Å²) in [4.78, 5) is 19.0. The zero-order valence-electron chi connectivity index (χ0n) is 14.8. The average molecular weight is 375 g/mol. The van der Waals surface area contributed by atoms with Gasteiger partial charge in [0.1, 0.15) is 11.6 Å². The summed E-state index contributed by atoms with van der Waals surface area (Å²) in [5, 5.41) is 6.11. The summed E-state index contributed by atoms with van der Waals surface area (Å²) in [6.07, 6.45) is 5.43. The molecule has 1 fully saturated rings. The van der Waals surface area contributed by atoms with E-state index in [1.54, 1.807) is 31.5 Å². The Kier molecular flexibility index (Phi) is 6.17. The Labute approximate surface area is 158 Å². The number of hydrogen-bond donors (Lipinski definition) is 2. The number of carbonyl (C=O) groups excluding carboxylic acids is 1. The monoisotopic (exact) mass is 374 g/mol. The minimum Gasteiger partial charge on any atom is -0.495 e. The first-order valence-electron chi connectivity index (χ1n) is 8.74. The lowest BCUT2D eigenvalue weighted by atomic mass is 10.1. The van der Waals surface area contributed by atoms with Crippen LogP contribution in [0.15, 0.2) is 36.5 Å². The fourth-order valence-corrected chi connectivity index (χ4v) is 3.31. The highest BCUT2D eigenvalue weighted by molar-refractivity contribution is 6.32. The molecular weight excluding hydrogens is 352 g/mol. The van der Waals surface area contributed by atoms with Crippen LogP contribution in [-0.4, -0.2) is 31.2 Å². The number of nitrogens with zero attached hydrogens (tertiary/aromatic N) is 2. The molecule has 26 heavy (non-hydrogen) atoms. The number of carbonyl (C=O) groups is 1. The first-order chi connectivity index (χ1) is 12.7. The van der Waals surface area contributed by atoms with E-state index >= 15 is 0 Å². The van der Waals surface area contributed by atoms with E-state index in [2.05, 4.69) is 20.5 Å². The largest absolute Gasteiger partial charge is 0.495 e. The van der Waals surface area contributed by atoms with Crippen LogP contribution in [0.3, 0.4) is 0 Å². The van der Waals surface area contributed by atoms with Gasteiger partial charge in [-0.05, 0) is 43.5 Å². The number of amides is 2. The lowest BCUT2D eigenvalue weighted by Gasteiger charge is -2.29. The fourth-order valence-electron chi connectivity index (χ4n) is 3.05. The summed E-state index contributed by atoms with van der Waals surface area (Å²) in [5.74, 6) is 1.53. The van der Waals surface area contributed by atoms with Crippen LogP contribution >= 0.6 is 11.6 Å². The topological polar surface area (TPSA) is 66.5 Å². The molecule has 0 atom stereocenters. The van der Waals surface area contributed by atoms with Crippen LogP contribution in [0.4, 0.5) is 16.3 Å². The molecule has 138 valence electrons. The van der Waals surface area contributed by atoms with E-state index in [1.165, 1.54) is 19.3 Å². The number of nitrogens with one attached hydrogen (secondary N) is 2. The Morgan fingerprint density at radius 2 is 2.08 bits per heavy atom. The molecule has 0 radical (unpaired) electrons. The quantitative estimate of drug-likeness (QED) is 0.828. The Morgan fingerprint density at radius 1 is 1.27 bits per heavy atom. The molecule has 2 N–H and O–H groups in total. The lowest BCUT2D eigenvalue weighted by molar-refractivity contribution is 0.251. The lowest BCUT2D eigenvalue weighted by Crippen LogP contribution is -2.33. The zero-order valence-corrected chi connectivity index (χ0v) is 15.6. The maximum atomic E-state index is 12.2. The molecule has 2 amide bonds. The molecule has 3 rings (SSSR count).